The monoisotopic (exact) mass is 376 g/mol. The van der Waals surface area contributed by atoms with Crippen LogP contribution in [0.1, 0.15) is 44.1 Å². The van der Waals surface area contributed by atoms with Crippen LogP contribution in [0.3, 0.4) is 0 Å². The summed E-state index contributed by atoms with van der Waals surface area (Å²) in [7, 11) is 3.35. The van der Waals surface area contributed by atoms with Crippen LogP contribution in [0.4, 0.5) is 0 Å². The lowest BCUT2D eigenvalue weighted by atomic mass is 9.88. The molecular formula is C22H36N2O3. The molecule has 3 rings (SSSR count). The number of aliphatic hydroxyl groups is 1. The molecule has 1 saturated heterocycles. The second kappa shape index (κ2) is 10.3. The molecule has 1 atom stereocenters. The number of methoxy groups -OCH3 is 2. The molecule has 1 aliphatic carbocycles. The van der Waals surface area contributed by atoms with Crippen LogP contribution >= 0.6 is 0 Å². The molecule has 1 aromatic carbocycles. The van der Waals surface area contributed by atoms with Crippen molar-refractivity contribution >= 4 is 0 Å². The van der Waals surface area contributed by atoms with Gasteiger partial charge in [0.2, 0.25) is 0 Å². The standard InChI is InChI=1S/C22H36N2O3/c1-26-21-9-8-19(14-22(21)27-2)15-23-11-12-24(20(17-23)10-13-25)16-18-6-4-3-5-7-18/h8-9,14,18,20,25H,3-7,10-13,15-17H2,1-2H3/t20-/m1/s1. The van der Waals surface area contributed by atoms with Gasteiger partial charge in [-0.3, -0.25) is 9.80 Å². The minimum atomic E-state index is 0.274. The van der Waals surface area contributed by atoms with Gasteiger partial charge in [-0.1, -0.05) is 25.3 Å². The summed E-state index contributed by atoms with van der Waals surface area (Å²) < 4.78 is 10.8. The fraction of sp³-hybridized carbons (Fsp3) is 0.727. The number of hydrogen-bond acceptors (Lipinski definition) is 5. The Kier molecular flexibility index (Phi) is 7.80. The van der Waals surface area contributed by atoms with Gasteiger partial charge in [-0.05, 0) is 42.9 Å². The van der Waals surface area contributed by atoms with E-state index >= 15 is 0 Å². The van der Waals surface area contributed by atoms with Gasteiger partial charge >= 0.3 is 0 Å². The maximum Gasteiger partial charge on any atom is 0.161 e. The molecule has 27 heavy (non-hydrogen) atoms. The molecule has 1 N–H and O–H groups in total. The number of piperazine rings is 1. The van der Waals surface area contributed by atoms with Crippen molar-refractivity contribution < 1.29 is 14.6 Å². The van der Waals surface area contributed by atoms with Crippen LogP contribution < -0.4 is 9.47 Å². The van der Waals surface area contributed by atoms with Crippen LogP contribution in [0, 0.1) is 5.92 Å². The summed E-state index contributed by atoms with van der Waals surface area (Å²) >= 11 is 0. The summed E-state index contributed by atoms with van der Waals surface area (Å²) in [5.41, 5.74) is 1.25. The van der Waals surface area contributed by atoms with Crippen LogP contribution in [0.5, 0.6) is 11.5 Å². The minimum absolute atomic E-state index is 0.274. The topological polar surface area (TPSA) is 45.2 Å². The van der Waals surface area contributed by atoms with Gasteiger partial charge in [-0.15, -0.1) is 0 Å². The maximum absolute atomic E-state index is 9.57. The van der Waals surface area contributed by atoms with E-state index in [0.717, 1.165) is 50.0 Å². The molecule has 1 aromatic rings. The number of hydrogen-bond donors (Lipinski definition) is 1. The van der Waals surface area contributed by atoms with Gasteiger partial charge in [0.25, 0.3) is 0 Å². The van der Waals surface area contributed by atoms with Gasteiger partial charge in [0.05, 0.1) is 14.2 Å². The van der Waals surface area contributed by atoms with Gasteiger partial charge in [0.1, 0.15) is 0 Å². The lowest BCUT2D eigenvalue weighted by Gasteiger charge is -2.43. The van der Waals surface area contributed by atoms with Crippen molar-refractivity contribution in [3.8, 4) is 11.5 Å². The summed E-state index contributed by atoms with van der Waals surface area (Å²) in [5.74, 6) is 2.42. The zero-order valence-corrected chi connectivity index (χ0v) is 17.0. The van der Waals surface area contributed by atoms with Gasteiger partial charge in [-0.2, -0.15) is 0 Å². The van der Waals surface area contributed by atoms with Gasteiger partial charge in [0.15, 0.2) is 11.5 Å². The third-order valence-corrected chi connectivity index (χ3v) is 6.22. The molecule has 0 spiro atoms. The number of ether oxygens (including phenoxy) is 2. The lowest BCUT2D eigenvalue weighted by molar-refractivity contribution is 0.0400. The van der Waals surface area contributed by atoms with E-state index in [1.165, 1.54) is 44.2 Å². The Labute approximate surface area is 164 Å². The highest BCUT2D eigenvalue weighted by Gasteiger charge is 2.29. The normalized spacial score (nSPS) is 22.7. The molecule has 5 nitrogen and oxygen atoms in total. The third-order valence-electron chi connectivity index (χ3n) is 6.22. The fourth-order valence-electron chi connectivity index (χ4n) is 4.70. The van der Waals surface area contributed by atoms with E-state index in [-0.39, 0.29) is 6.61 Å². The second-order valence-electron chi connectivity index (χ2n) is 8.09. The average Bonchev–Trinajstić information content (AvgIpc) is 2.71. The number of rotatable bonds is 8. The summed E-state index contributed by atoms with van der Waals surface area (Å²) in [6, 6.07) is 6.65. The van der Waals surface area contributed by atoms with Gasteiger partial charge < -0.3 is 14.6 Å². The zero-order chi connectivity index (χ0) is 19.1. The predicted molar refractivity (Wildman–Crippen MR) is 108 cm³/mol. The highest BCUT2D eigenvalue weighted by Crippen LogP contribution is 2.29. The van der Waals surface area contributed by atoms with Crippen molar-refractivity contribution in [3.63, 3.8) is 0 Å². The Balaban J connectivity index is 1.58. The molecular weight excluding hydrogens is 340 g/mol. The molecule has 152 valence electrons. The third kappa shape index (κ3) is 5.59. The maximum atomic E-state index is 9.57. The van der Waals surface area contributed by atoms with E-state index < -0.39 is 0 Å². The van der Waals surface area contributed by atoms with Crippen LogP contribution in [0.2, 0.25) is 0 Å². The SMILES string of the molecule is COc1ccc(CN2CCN(CC3CCCCC3)[C@H](CCO)C2)cc1OC. The van der Waals surface area contributed by atoms with Crippen LogP contribution in [0.25, 0.3) is 0 Å². The first-order chi connectivity index (χ1) is 13.2. The first-order valence-electron chi connectivity index (χ1n) is 10.5. The zero-order valence-electron chi connectivity index (χ0n) is 17.0. The molecule has 1 heterocycles. The Morgan fingerprint density at radius 3 is 2.52 bits per heavy atom. The fourth-order valence-corrected chi connectivity index (χ4v) is 4.70. The lowest BCUT2D eigenvalue weighted by Crippen LogP contribution is -2.54. The second-order valence-corrected chi connectivity index (χ2v) is 8.09. The van der Waals surface area contributed by atoms with Crippen molar-refractivity contribution in [3.05, 3.63) is 23.8 Å². The number of benzene rings is 1. The van der Waals surface area contributed by atoms with E-state index in [2.05, 4.69) is 21.9 Å². The van der Waals surface area contributed by atoms with Crippen molar-refractivity contribution in [2.24, 2.45) is 5.92 Å². The van der Waals surface area contributed by atoms with Crippen LogP contribution in [0.15, 0.2) is 18.2 Å². The van der Waals surface area contributed by atoms with Crippen molar-refractivity contribution in [1.82, 2.24) is 9.80 Å². The summed E-state index contributed by atoms with van der Waals surface area (Å²) in [6.45, 7) is 5.63. The quantitative estimate of drug-likeness (QED) is 0.755. The molecule has 5 heteroatoms. The predicted octanol–water partition coefficient (Wildman–Crippen LogP) is 3.15. The number of nitrogens with zero attached hydrogens (tertiary/aromatic N) is 2. The Morgan fingerprint density at radius 2 is 1.81 bits per heavy atom. The Morgan fingerprint density at radius 1 is 1.04 bits per heavy atom. The number of aliphatic hydroxyl groups excluding tert-OH is 1. The molecule has 0 aromatic heterocycles. The molecule has 0 unspecified atom stereocenters. The average molecular weight is 377 g/mol. The molecule has 2 fully saturated rings. The molecule has 0 bridgehead atoms. The highest BCUT2D eigenvalue weighted by molar-refractivity contribution is 5.42. The van der Waals surface area contributed by atoms with E-state index in [4.69, 9.17) is 9.47 Å². The molecule has 0 amide bonds. The first-order valence-corrected chi connectivity index (χ1v) is 10.5. The van der Waals surface area contributed by atoms with Crippen molar-refractivity contribution in [1.29, 1.82) is 0 Å². The Bertz CT molecular complexity index is 575. The summed E-state index contributed by atoms with van der Waals surface area (Å²) in [5, 5.41) is 9.57. The Hall–Kier alpha value is -1.30. The van der Waals surface area contributed by atoms with Crippen LogP contribution in [-0.2, 0) is 6.54 Å². The molecule has 0 radical (unpaired) electrons. The molecule has 2 aliphatic rings. The van der Waals surface area contributed by atoms with Crippen molar-refractivity contribution in [2.75, 3.05) is 47.0 Å². The first kappa shape index (κ1) is 20.4. The molecule has 1 saturated carbocycles. The van der Waals surface area contributed by atoms with E-state index in [1.54, 1.807) is 14.2 Å². The van der Waals surface area contributed by atoms with E-state index in [1.807, 2.05) is 6.07 Å². The summed E-state index contributed by atoms with van der Waals surface area (Å²) in [4.78, 5) is 5.16. The van der Waals surface area contributed by atoms with Crippen molar-refractivity contribution in [2.45, 2.75) is 51.1 Å². The van der Waals surface area contributed by atoms with E-state index in [9.17, 15) is 5.11 Å². The largest absolute Gasteiger partial charge is 0.493 e. The minimum Gasteiger partial charge on any atom is -0.493 e. The molecule has 1 aliphatic heterocycles. The van der Waals surface area contributed by atoms with Gasteiger partial charge in [0, 0.05) is 45.4 Å². The summed E-state index contributed by atoms with van der Waals surface area (Å²) in [6.07, 6.45) is 7.85. The highest BCUT2D eigenvalue weighted by atomic mass is 16.5. The van der Waals surface area contributed by atoms with Crippen LogP contribution in [-0.4, -0.2) is 68.0 Å². The van der Waals surface area contributed by atoms with E-state index in [0.29, 0.717) is 6.04 Å². The smallest absolute Gasteiger partial charge is 0.161 e. The van der Waals surface area contributed by atoms with Gasteiger partial charge in [-0.25, -0.2) is 0 Å².